The summed E-state index contributed by atoms with van der Waals surface area (Å²) < 4.78 is 0. The molecule has 1 fully saturated rings. The Morgan fingerprint density at radius 3 is 3.06 bits per heavy atom. The maximum absolute atomic E-state index is 11.7. The van der Waals surface area contributed by atoms with Crippen LogP contribution in [-0.2, 0) is 11.2 Å². The average molecular weight is 288 g/mol. The van der Waals surface area contributed by atoms with E-state index in [1.165, 1.54) is 5.75 Å². The summed E-state index contributed by atoms with van der Waals surface area (Å²) in [7, 11) is 0. The van der Waals surface area contributed by atoms with Gasteiger partial charge in [0.15, 0.2) is 0 Å². The predicted octanol–water partition coefficient (Wildman–Crippen LogP) is -0.00460. The largest absolute Gasteiger partial charge is 0.356 e. The van der Waals surface area contributed by atoms with Crippen molar-refractivity contribution < 1.29 is 4.79 Å². The minimum absolute atomic E-state index is 0.0767. The highest BCUT2D eigenvalue weighted by Crippen LogP contribution is 2.25. The van der Waals surface area contributed by atoms with Gasteiger partial charge in [-0.3, -0.25) is 9.78 Å². The summed E-state index contributed by atoms with van der Waals surface area (Å²) in [5.74, 6) is 4.03. The Hall–Kier alpha value is -0.890. The molecule has 100 valence electrons. The SMILES string of the molecule is O=C(CC1CSCCS1)NCCc1n[nH]c(=O)[nH]1. The number of carbonyl (C=O) groups excluding carboxylic acids is 1. The van der Waals surface area contributed by atoms with E-state index in [-0.39, 0.29) is 11.6 Å². The zero-order valence-corrected chi connectivity index (χ0v) is 11.5. The van der Waals surface area contributed by atoms with Gasteiger partial charge in [0.1, 0.15) is 5.82 Å². The fourth-order valence-corrected chi connectivity index (χ4v) is 4.36. The lowest BCUT2D eigenvalue weighted by Crippen LogP contribution is -2.30. The lowest BCUT2D eigenvalue weighted by Gasteiger charge is -2.20. The van der Waals surface area contributed by atoms with E-state index in [2.05, 4.69) is 20.5 Å². The van der Waals surface area contributed by atoms with Crippen LogP contribution >= 0.6 is 23.5 Å². The second-order valence-corrected chi connectivity index (χ2v) is 6.55. The minimum atomic E-state index is -0.313. The van der Waals surface area contributed by atoms with Crippen molar-refractivity contribution in [3.8, 4) is 0 Å². The van der Waals surface area contributed by atoms with Crippen LogP contribution < -0.4 is 11.0 Å². The van der Waals surface area contributed by atoms with Crippen LogP contribution in [0.3, 0.4) is 0 Å². The van der Waals surface area contributed by atoms with E-state index in [0.717, 1.165) is 11.5 Å². The molecule has 0 aromatic carbocycles. The molecular weight excluding hydrogens is 272 g/mol. The molecule has 0 radical (unpaired) electrons. The maximum atomic E-state index is 11.7. The number of nitrogens with one attached hydrogen (secondary N) is 3. The predicted molar refractivity (Wildman–Crippen MR) is 74.1 cm³/mol. The van der Waals surface area contributed by atoms with Gasteiger partial charge >= 0.3 is 5.69 Å². The molecule has 8 heteroatoms. The zero-order valence-electron chi connectivity index (χ0n) is 9.90. The number of carbonyl (C=O) groups is 1. The van der Waals surface area contributed by atoms with Crippen molar-refractivity contribution in [2.24, 2.45) is 0 Å². The van der Waals surface area contributed by atoms with Crippen molar-refractivity contribution in [2.75, 3.05) is 23.8 Å². The van der Waals surface area contributed by atoms with Crippen LogP contribution in [0.5, 0.6) is 0 Å². The number of thioether (sulfide) groups is 2. The molecule has 1 aliphatic heterocycles. The molecule has 6 nitrogen and oxygen atoms in total. The first-order valence-electron chi connectivity index (χ1n) is 5.83. The van der Waals surface area contributed by atoms with Gasteiger partial charge in [-0.15, -0.1) is 0 Å². The van der Waals surface area contributed by atoms with Gasteiger partial charge < -0.3 is 5.32 Å². The van der Waals surface area contributed by atoms with Crippen molar-refractivity contribution in [2.45, 2.75) is 18.1 Å². The molecule has 1 aliphatic rings. The van der Waals surface area contributed by atoms with Crippen molar-refractivity contribution in [1.29, 1.82) is 0 Å². The van der Waals surface area contributed by atoms with Gasteiger partial charge in [-0.05, 0) is 0 Å². The fraction of sp³-hybridized carbons (Fsp3) is 0.700. The Morgan fingerprint density at radius 1 is 1.50 bits per heavy atom. The second-order valence-electron chi connectivity index (χ2n) is 4.00. The van der Waals surface area contributed by atoms with Gasteiger partial charge in [0.25, 0.3) is 0 Å². The Kier molecular flexibility index (Phi) is 5.18. The lowest BCUT2D eigenvalue weighted by atomic mass is 10.3. The standard InChI is InChI=1S/C10H16N4O2S2/c15-9(5-7-6-17-3-4-18-7)11-2-1-8-12-10(16)14-13-8/h7H,1-6H2,(H,11,15)(H2,12,13,14,16). The normalized spacial score (nSPS) is 19.7. The number of nitrogens with zero attached hydrogens (tertiary/aromatic N) is 1. The molecule has 1 unspecified atom stereocenters. The van der Waals surface area contributed by atoms with Gasteiger partial charge in [0.05, 0.1) is 0 Å². The number of rotatable bonds is 5. The van der Waals surface area contributed by atoms with Crippen LogP contribution in [0.4, 0.5) is 0 Å². The summed E-state index contributed by atoms with van der Waals surface area (Å²) in [6.07, 6.45) is 1.12. The van der Waals surface area contributed by atoms with Gasteiger partial charge in [-0.2, -0.15) is 28.6 Å². The summed E-state index contributed by atoms with van der Waals surface area (Å²) in [5, 5.41) is 9.36. The molecule has 2 rings (SSSR count). The molecule has 0 spiro atoms. The molecule has 3 N–H and O–H groups in total. The Balaban J connectivity index is 1.63. The van der Waals surface area contributed by atoms with E-state index in [1.54, 1.807) is 0 Å². The van der Waals surface area contributed by atoms with Crippen LogP contribution in [0.25, 0.3) is 0 Å². The smallest absolute Gasteiger partial charge is 0.340 e. The van der Waals surface area contributed by atoms with Gasteiger partial charge in [-0.1, -0.05) is 0 Å². The third kappa shape index (κ3) is 4.41. The van der Waals surface area contributed by atoms with E-state index < -0.39 is 0 Å². The van der Waals surface area contributed by atoms with E-state index in [0.29, 0.717) is 30.5 Å². The van der Waals surface area contributed by atoms with E-state index in [1.807, 2.05) is 23.5 Å². The van der Waals surface area contributed by atoms with Crippen molar-refractivity contribution in [3.63, 3.8) is 0 Å². The van der Waals surface area contributed by atoms with Crippen molar-refractivity contribution in [3.05, 3.63) is 16.3 Å². The van der Waals surface area contributed by atoms with Crippen LogP contribution in [0.2, 0.25) is 0 Å². The molecule has 1 saturated heterocycles. The van der Waals surface area contributed by atoms with Gasteiger partial charge in [0.2, 0.25) is 5.91 Å². The first-order chi connectivity index (χ1) is 8.74. The zero-order chi connectivity index (χ0) is 12.8. The molecule has 1 aromatic heterocycles. The third-order valence-electron chi connectivity index (χ3n) is 2.53. The van der Waals surface area contributed by atoms with Crippen LogP contribution in [0, 0.1) is 0 Å². The van der Waals surface area contributed by atoms with Gasteiger partial charge in [-0.25, -0.2) is 9.89 Å². The molecule has 2 heterocycles. The molecule has 1 atom stereocenters. The second kappa shape index (κ2) is 6.89. The summed E-state index contributed by atoms with van der Waals surface area (Å²) in [4.78, 5) is 25.0. The fourth-order valence-electron chi connectivity index (χ4n) is 1.68. The van der Waals surface area contributed by atoms with Crippen LogP contribution in [0.1, 0.15) is 12.2 Å². The first kappa shape index (κ1) is 13.5. The Morgan fingerprint density at radius 2 is 2.39 bits per heavy atom. The molecule has 0 aliphatic carbocycles. The van der Waals surface area contributed by atoms with E-state index in [4.69, 9.17) is 0 Å². The minimum Gasteiger partial charge on any atom is -0.356 e. The topological polar surface area (TPSA) is 90.6 Å². The third-order valence-corrected chi connectivity index (χ3v) is 5.38. The Labute approximate surface area is 113 Å². The number of amides is 1. The summed E-state index contributed by atoms with van der Waals surface area (Å²) in [6.45, 7) is 0.504. The Bertz CT molecular complexity index is 439. The average Bonchev–Trinajstić information content (AvgIpc) is 2.76. The molecular formula is C10H16N4O2S2. The highest BCUT2D eigenvalue weighted by Gasteiger charge is 2.17. The molecule has 0 saturated carbocycles. The molecule has 0 bridgehead atoms. The molecule has 1 amide bonds. The highest BCUT2D eigenvalue weighted by atomic mass is 32.2. The van der Waals surface area contributed by atoms with Gasteiger partial charge in [0, 0.05) is 41.9 Å². The number of aromatic amines is 2. The quantitative estimate of drug-likeness (QED) is 0.709. The number of hydrogen-bond donors (Lipinski definition) is 3. The number of H-pyrrole nitrogens is 2. The molecule has 1 aromatic rings. The van der Waals surface area contributed by atoms with E-state index >= 15 is 0 Å². The highest BCUT2D eigenvalue weighted by molar-refractivity contribution is 8.06. The van der Waals surface area contributed by atoms with Crippen molar-refractivity contribution in [1.82, 2.24) is 20.5 Å². The summed E-state index contributed by atoms with van der Waals surface area (Å²) in [6, 6.07) is 0. The lowest BCUT2D eigenvalue weighted by molar-refractivity contribution is -0.120. The van der Waals surface area contributed by atoms with E-state index in [9.17, 15) is 9.59 Å². The molecule has 18 heavy (non-hydrogen) atoms. The van der Waals surface area contributed by atoms with Crippen molar-refractivity contribution >= 4 is 29.4 Å². The first-order valence-corrected chi connectivity index (χ1v) is 8.04. The number of aromatic nitrogens is 3. The van der Waals surface area contributed by atoms with Crippen LogP contribution in [0.15, 0.2) is 4.79 Å². The van der Waals surface area contributed by atoms with Crippen LogP contribution in [-0.4, -0.2) is 50.1 Å². The maximum Gasteiger partial charge on any atom is 0.340 e. The summed E-state index contributed by atoms with van der Waals surface area (Å²) in [5.41, 5.74) is -0.313. The summed E-state index contributed by atoms with van der Waals surface area (Å²) >= 11 is 3.79. The number of hydrogen-bond acceptors (Lipinski definition) is 5. The monoisotopic (exact) mass is 288 g/mol.